The van der Waals surface area contributed by atoms with Crippen molar-refractivity contribution in [2.24, 2.45) is 0 Å². The van der Waals surface area contributed by atoms with E-state index in [1.807, 2.05) is 37.3 Å². The average molecular weight is 284 g/mol. The summed E-state index contributed by atoms with van der Waals surface area (Å²) in [5, 5.41) is 2.06. The van der Waals surface area contributed by atoms with E-state index in [9.17, 15) is 4.79 Å². The van der Waals surface area contributed by atoms with E-state index in [0.717, 1.165) is 47.0 Å². The molecule has 0 unspecified atom stereocenters. The van der Waals surface area contributed by atoms with Crippen molar-refractivity contribution in [2.45, 2.75) is 46.0 Å². The van der Waals surface area contributed by atoms with Crippen LogP contribution < -0.4 is 4.74 Å². The second-order valence-electron chi connectivity index (χ2n) is 5.56. The van der Waals surface area contributed by atoms with Crippen LogP contribution in [-0.4, -0.2) is 12.9 Å². The van der Waals surface area contributed by atoms with Crippen LogP contribution in [0.3, 0.4) is 0 Å². The number of fused-ring (bicyclic) bond motifs is 1. The predicted octanol–water partition coefficient (Wildman–Crippen LogP) is 5.31. The lowest BCUT2D eigenvalue weighted by Gasteiger charge is -2.09. The largest absolute Gasteiger partial charge is 0.494 e. The fourth-order valence-corrected chi connectivity index (χ4v) is 2.57. The maximum atomic E-state index is 11.3. The Kier molecular flexibility index (Phi) is 5.79. The summed E-state index contributed by atoms with van der Waals surface area (Å²) in [5.74, 6) is 0.853. The molecule has 2 nitrogen and oxygen atoms in total. The van der Waals surface area contributed by atoms with E-state index < -0.39 is 0 Å². The third kappa shape index (κ3) is 4.07. The Labute approximate surface area is 127 Å². The second-order valence-corrected chi connectivity index (χ2v) is 5.56. The van der Waals surface area contributed by atoms with Gasteiger partial charge in [0.2, 0.25) is 0 Å². The van der Waals surface area contributed by atoms with Crippen LogP contribution in [0.2, 0.25) is 0 Å². The minimum atomic E-state index is 0.747. The normalized spacial score (nSPS) is 10.8. The van der Waals surface area contributed by atoms with Gasteiger partial charge in [-0.3, -0.25) is 4.79 Å². The van der Waals surface area contributed by atoms with Crippen molar-refractivity contribution in [2.75, 3.05) is 6.61 Å². The van der Waals surface area contributed by atoms with Gasteiger partial charge in [0.1, 0.15) is 5.75 Å². The van der Waals surface area contributed by atoms with Crippen LogP contribution in [0, 0.1) is 6.92 Å². The summed E-state index contributed by atoms with van der Waals surface area (Å²) in [7, 11) is 0. The van der Waals surface area contributed by atoms with Crippen LogP contribution in [0.25, 0.3) is 10.8 Å². The maximum absolute atomic E-state index is 11.3. The summed E-state index contributed by atoms with van der Waals surface area (Å²) in [5.41, 5.74) is 1.77. The lowest BCUT2D eigenvalue weighted by atomic mass is 10.0. The zero-order valence-electron chi connectivity index (χ0n) is 13.0. The van der Waals surface area contributed by atoms with Gasteiger partial charge in [0, 0.05) is 5.56 Å². The van der Waals surface area contributed by atoms with Gasteiger partial charge in [0.05, 0.1) is 6.61 Å². The molecule has 2 rings (SSSR count). The summed E-state index contributed by atoms with van der Waals surface area (Å²) in [4.78, 5) is 11.3. The monoisotopic (exact) mass is 284 g/mol. The van der Waals surface area contributed by atoms with Crippen LogP contribution in [0.15, 0.2) is 30.3 Å². The Hall–Kier alpha value is -1.83. The SMILES string of the molecule is CCCCCCCOc1ccc2ccc(C)c(C=O)c2c1. The minimum absolute atomic E-state index is 0.747. The standard InChI is InChI=1S/C19H24O2/c1-3-4-5-6-7-12-21-17-11-10-16-9-8-15(2)19(14-20)18(16)13-17/h8-11,13-14H,3-7,12H2,1-2H3. The van der Waals surface area contributed by atoms with E-state index in [2.05, 4.69) is 6.92 Å². The van der Waals surface area contributed by atoms with Crippen LogP contribution in [0.1, 0.15) is 54.9 Å². The molecule has 0 N–H and O–H groups in total. The second kappa shape index (κ2) is 7.82. The number of hydrogen-bond acceptors (Lipinski definition) is 2. The molecule has 0 aliphatic rings. The first-order valence-corrected chi connectivity index (χ1v) is 7.87. The third-order valence-electron chi connectivity index (χ3n) is 3.89. The predicted molar refractivity (Wildman–Crippen MR) is 88.3 cm³/mol. The highest BCUT2D eigenvalue weighted by molar-refractivity contribution is 6.00. The molecule has 2 heteroatoms. The number of unbranched alkanes of at least 4 members (excludes halogenated alkanes) is 4. The van der Waals surface area contributed by atoms with Gasteiger partial charge in [-0.1, -0.05) is 50.8 Å². The Bertz CT molecular complexity index is 602. The first-order chi connectivity index (χ1) is 10.3. The van der Waals surface area contributed by atoms with Crippen molar-refractivity contribution in [3.05, 3.63) is 41.5 Å². The zero-order valence-corrected chi connectivity index (χ0v) is 13.0. The molecule has 2 aromatic rings. The van der Waals surface area contributed by atoms with E-state index in [1.165, 1.54) is 25.7 Å². The van der Waals surface area contributed by atoms with Gasteiger partial charge in [0.15, 0.2) is 6.29 Å². The Morgan fingerprint density at radius 2 is 1.81 bits per heavy atom. The minimum Gasteiger partial charge on any atom is -0.494 e. The van der Waals surface area contributed by atoms with E-state index >= 15 is 0 Å². The van der Waals surface area contributed by atoms with Gasteiger partial charge in [-0.15, -0.1) is 0 Å². The zero-order chi connectivity index (χ0) is 15.1. The number of benzene rings is 2. The number of carbonyl (C=O) groups is 1. The molecule has 0 bridgehead atoms. The number of ether oxygens (including phenoxy) is 1. The molecule has 0 atom stereocenters. The highest BCUT2D eigenvalue weighted by Crippen LogP contribution is 2.25. The smallest absolute Gasteiger partial charge is 0.150 e. The highest BCUT2D eigenvalue weighted by atomic mass is 16.5. The number of hydrogen-bond donors (Lipinski definition) is 0. The third-order valence-corrected chi connectivity index (χ3v) is 3.89. The number of rotatable bonds is 8. The highest BCUT2D eigenvalue weighted by Gasteiger charge is 2.05. The molecule has 0 aliphatic heterocycles. The number of carbonyl (C=O) groups excluding carboxylic acids is 1. The van der Waals surface area contributed by atoms with E-state index in [4.69, 9.17) is 4.74 Å². The van der Waals surface area contributed by atoms with Gasteiger partial charge < -0.3 is 4.74 Å². The molecule has 2 aromatic carbocycles. The van der Waals surface area contributed by atoms with Crippen molar-refractivity contribution >= 4 is 17.1 Å². The average Bonchev–Trinajstić information content (AvgIpc) is 2.50. The molecule has 0 amide bonds. The summed E-state index contributed by atoms with van der Waals surface area (Å²) in [6.07, 6.45) is 7.10. The topological polar surface area (TPSA) is 26.3 Å². The fourth-order valence-electron chi connectivity index (χ4n) is 2.57. The maximum Gasteiger partial charge on any atom is 0.150 e. The van der Waals surface area contributed by atoms with E-state index in [0.29, 0.717) is 0 Å². The van der Waals surface area contributed by atoms with Gasteiger partial charge in [-0.05, 0) is 41.8 Å². The molecule has 0 heterocycles. The number of aldehydes is 1. The summed E-state index contributed by atoms with van der Waals surface area (Å²) < 4.78 is 5.82. The molecule has 0 aliphatic carbocycles. The molecule has 0 aromatic heterocycles. The number of aryl methyl sites for hydroxylation is 1. The molecule has 0 radical (unpaired) electrons. The van der Waals surface area contributed by atoms with Crippen LogP contribution in [0.4, 0.5) is 0 Å². The molecular formula is C19H24O2. The lowest BCUT2D eigenvalue weighted by Crippen LogP contribution is -1.98. The van der Waals surface area contributed by atoms with Gasteiger partial charge in [-0.2, -0.15) is 0 Å². The first kappa shape index (κ1) is 15.6. The van der Waals surface area contributed by atoms with Gasteiger partial charge in [-0.25, -0.2) is 0 Å². The van der Waals surface area contributed by atoms with Crippen LogP contribution >= 0.6 is 0 Å². The lowest BCUT2D eigenvalue weighted by molar-refractivity contribution is 0.112. The van der Waals surface area contributed by atoms with Gasteiger partial charge in [0.25, 0.3) is 0 Å². The van der Waals surface area contributed by atoms with Crippen molar-refractivity contribution in [1.29, 1.82) is 0 Å². The Morgan fingerprint density at radius 3 is 2.57 bits per heavy atom. The fraction of sp³-hybridized carbons (Fsp3) is 0.421. The summed E-state index contributed by atoms with van der Waals surface area (Å²) >= 11 is 0. The molecule has 112 valence electrons. The molecule has 0 spiro atoms. The molecule has 0 saturated heterocycles. The summed E-state index contributed by atoms with van der Waals surface area (Å²) in [6.45, 7) is 4.93. The van der Waals surface area contributed by atoms with Crippen molar-refractivity contribution < 1.29 is 9.53 Å². The van der Waals surface area contributed by atoms with E-state index in [-0.39, 0.29) is 0 Å². The van der Waals surface area contributed by atoms with Crippen molar-refractivity contribution in [3.8, 4) is 5.75 Å². The molecule has 0 saturated carbocycles. The van der Waals surface area contributed by atoms with Crippen LogP contribution in [0.5, 0.6) is 5.75 Å². The van der Waals surface area contributed by atoms with Gasteiger partial charge >= 0.3 is 0 Å². The first-order valence-electron chi connectivity index (χ1n) is 7.87. The molecule has 21 heavy (non-hydrogen) atoms. The molecular weight excluding hydrogens is 260 g/mol. The summed E-state index contributed by atoms with van der Waals surface area (Å²) in [6, 6.07) is 10.0. The van der Waals surface area contributed by atoms with Crippen molar-refractivity contribution in [3.63, 3.8) is 0 Å². The quantitative estimate of drug-likeness (QED) is 0.485. The Morgan fingerprint density at radius 1 is 1.05 bits per heavy atom. The molecule has 0 fully saturated rings. The van der Waals surface area contributed by atoms with Crippen molar-refractivity contribution in [1.82, 2.24) is 0 Å². The van der Waals surface area contributed by atoms with Crippen LogP contribution in [-0.2, 0) is 0 Å². The van der Waals surface area contributed by atoms with E-state index in [1.54, 1.807) is 0 Å². The Balaban J connectivity index is 2.03.